The number of rotatable bonds is 8. The van der Waals surface area contributed by atoms with Gasteiger partial charge in [0.1, 0.15) is 5.75 Å². The van der Waals surface area contributed by atoms with E-state index in [1.807, 2.05) is 31.2 Å². The van der Waals surface area contributed by atoms with Crippen LogP contribution in [0, 0.1) is 0 Å². The first-order valence-electron chi connectivity index (χ1n) is 7.98. The van der Waals surface area contributed by atoms with Gasteiger partial charge in [0.05, 0.1) is 18.3 Å². The van der Waals surface area contributed by atoms with Crippen molar-refractivity contribution in [1.82, 2.24) is 0 Å². The number of ether oxygens (including phenoxy) is 1. The third-order valence-electron chi connectivity index (χ3n) is 3.57. The molecule has 0 saturated heterocycles. The smallest absolute Gasteiger partial charge is 0.310 e. The summed E-state index contributed by atoms with van der Waals surface area (Å²) >= 11 is 1.44. The molecule has 132 valence electrons. The summed E-state index contributed by atoms with van der Waals surface area (Å²) < 4.78 is 5.38. The van der Waals surface area contributed by atoms with Crippen LogP contribution < -0.4 is 10.1 Å². The first kappa shape index (κ1) is 18.9. The van der Waals surface area contributed by atoms with Crippen molar-refractivity contribution in [2.45, 2.75) is 24.7 Å². The molecule has 0 radical (unpaired) electrons. The van der Waals surface area contributed by atoms with Crippen molar-refractivity contribution in [3.8, 4) is 5.75 Å². The molecule has 2 aromatic carbocycles. The highest BCUT2D eigenvalue weighted by atomic mass is 32.2. The average Bonchev–Trinajstić information content (AvgIpc) is 2.61. The first-order chi connectivity index (χ1) is 12.0. The Kier molecular flexibility index (Phi) is 6.89. The number of carboxylic acid groups (broad SMARTS) is 1. The number of hydrogen-bond acceptors (Lipinski definition) is 4. The van der Waals surface area contributed by atoms with Crippen molar-refractivity contribution < 1.29 is 19.4 Å². The number of carbonyl (C=O) groups is 2. The van der Waals surface area contributed by atoms with Gasteiger partial charge in [-0.15, -0.1) is 11.8 Å². The van der Waals surface area contributed by atoms with E-state index in [9.17, 15) is 9.59 Å². The number of anilines is 1. The van der Waals surface area contributed by atoms with E-state index in [0.29, 0.717) is 23.6 Å². The van der Waals surface area contributed by atoms with Crippen LogP contribution in [0.15, 0.2) is 53.4 Å². The van der Waals surface area contributed by atoms with Crippen LogP contribution in [0.3, 0.4) is 0 Å². The molecular weight excluding hydrogens is 338 g/mol. The van der Waals surface area contributed by atoms with E-state index in [-0.39, 0.29) is 5.91 Å². The van der Waals surface area contributed by atoms with E-state index < -0.39 is 11.9 Å². The lowest BCUT2D eigenvalue weighted by Crippen LogP contribution is -2.14. The van der Waals surface area contributed by atoms with Crippen LogP contribution in [0.4, 0.5) is 5.69 Å². The summed E-state index contributed by atoms with van der Waals surface area (Å²) in [6, 6.07) is 14.5. The highest BCUT2D eigenvalue weighted by Crippen LogP contribution is 2.22. The lowest BCUT2D eigenvalue weighted by atomic mass is 10.0. The van der Waals surface area contributed by atoms with Crippen molar-refractivity contribution >= 4 is 29.3 Å². The van der Waals surface area contributed by atoms with Gasteiger partial charge in [0.15, 0.2) is 0 Å². The maximum atomic E-state index is 12.0. The van der Waals surface area contributed by atoms with Crippen LogP contribution in [0.2, 0.25) is 0 Å². The zero-order valence-electron chi connectivity index (χ0n) is 14.2. The largest absolute Gasteiger partial charge is 0.494 e. The Hall–Kier alpha value is -2.47. The number of nitrogens with one attached hydrogen (secondary N) is 1. The second-order valence-corrected chi connectivity index (χ2v) is 6.47. The Balaban J connectivity index is 1.84. The summed E-state index contributed by atoms with van der Waals surface area (Å²) in [5, 5.41) is 11.8. The minimum Gasteiger partial charge on any atom is -0.494 e. The first-order valence-corrected chi connectivity index (χ1v) is 8.96. The number of carboxylic acids is 1. The fourth-order valence-electron chi connectivity index (χ4n) is 2.14. The highest BCUT2D eigenvalue weighted by Gasteiger charge is 2.13. The number of aliphatic carboxylic acids is 1. The molecule has 1 atom stereocenters. The lowest BCUT2D eigenvalue weighted by molar-refractivity contribution is -0.138. The van der Waals surface area contributed by atoms with Crippen LogP contribution in [-0.2, 0) is 9.59 Å². The van der Waals surface area contributed by atoms with Gasteiger partial charge >= 0.3 is 5.97 Å². The third-order valence-corrected chi connectivity index (χ3v) is 4.58. The number of carbonyl (C=O) groups excluding carboxylic acids is 1. The highest BCUT2D eigenvalue weighted by molar-refractivity contribution is 8.00. The molecule has 1 unspecified atom stereocenters. The van der Waals surface area contributed by atoms with Gasteiger partial charge < -0.3 is 15.2 Å². The van der Waals surface area contributed by atoms with Crippen molar-refractivity contribution in [3.63, 3.8) is 0 Å². The van der Waals surface area contributed by atoms with Crippen LogP contribution in [0.5, 0.6) is 5.75 Å². The molecule has 2 aromatic rings. The Bertz CT molecular complexity index is 713. The van der Waals surface area contributed by atoms with E-state index in [1.54, 1.807) is 31.2 Å². The summed E-state index contributed by atoms with van der Waals surface area (Å²) in [5.74, 6) is -0.449. The zero-order valence-corrected chi connectivity index (χ0v) is 15.0. The SMILES string of the molecule is CCOc1ccc(SCC(=O)Nc2ccc(C(C)C(=O)O)cc2)cc1. The molecule has 0 aromatic heterocycles. The third kappa shape index (κ3) is 5.83. The summed E-state index contributed by atoms with van der Waals surface area (Å²) in [6.45, 7) is 4.18. The van der Waals surface area contributed by atoms with Crippen molar-refractivity contribution in [2.75, 3.05) is 17.7 Å². The molecule has 0 aliphatic rings. The normalized spacial score (nSPS) is 11.6. The molecule has 2 N–H and O–H groups in total. The topological polar surface area (TPSA) is 75.6 Å². The van der Waals surface area contributed by atoms with E-state index >= 15 is 0 Å². The molecule has 2 rings (SSSR count). The van der Waals surface area contributed by atoms with Crippen molar-refractivity contribution in [3.05, 3.63) is 54.1 Å². The van der Waals surface area contributed by atoms with E-state index in [0.717, 1.165) is 10.6 Å². The molecule has 6 heteroatoms. The summed E-state index contributed by atoms with van der Waals surface area (Å²) in [5.41, 5.74) is 1.35. The van der Waals surface area contributed by atoms with Crippen molar-refractivity contribution in [2.24, 2.45) is 0 Å². The average molecular weight is 359 g/mol. The zero-order chi connectivity index (χ0) is 18.2. The van der Waals surface area contributed by atoms with Crippen LogP contribution in [-0.4, -0.2) is 29.3 Å². The second kappa shape index (κ2) is 9.13. The van der Waals surface area contributed by atoms with Gasteiger partial charge in [0.2, 0.25) is 5.91 Å². The molecule has 0 aliphatic carbocycles. The second-order valence-electron chi connectivity index (χ2n) is 5.42. The Morgan fingerprint density at radius 1 is 1.12 bits per heavy atom. The predicted molar refractivity (Wildman–Crippen MR) is 99.5 cm³/mol. The summed E-state index contributed by atoms with van der Waals surface area (Å²) in [4.78, 5) is 24.0. The molecule has 0 saturated carbocycles. The quantitative estimate of drug-likeness (QED) is 0.697. The Morgan fingerprint density at radius 2 is 1.76 bits per heavy atom. The van der Waals surface area contributed by atoms with E-state index in [2.05, 4.69) is 5.32 Å². The van der Waals surface area contributed by atoms with Crippen LogP contribution in [0.25, 0.3) is 0 Å². The number of thioether (sulfide) groups is 1. The van der Waals surface area contributed by atoms with E-state index in [4.69, 9.17) is 9.84 Å². The fraction of sp³-hybridized carbons (Fsp3) is 0.263. The fourth-order valence-corrected chi connectivity index (χ4v) is 2.84. The minimum absolute atomic E-state index is 0.113. The maximum absolute atomic E-state index is 12.0. The molecular formula is C19H21NO4S. The molecule has 0 heterocycles. The molecule has 5 nitrogen and oxygen atoms in total. The molecule has 1 amide bonds. The molecule has 0 fully saturated rings. The van der Waals surface area contributed by atoms with Gasteiger partial charge in [0.25, 0.3) is 0 Å². The predicted octanol–water partition coefficient (Wildman–Crippen LogP) is 4.00. The van der Waals surface area contributed by atoms with E-state index in [1.165, 1.54) is 11.8 Å². The number of amides is 1. The van der Waals surface area contributed by atoms with Gasteiger partial charge in [-0.2, -0.15) is 0 Å². The minimum atomic E-state index is -0.872. The van der Waals surface area contributed by atoms with Gasteiger partial charge in [-0.1, -0.05) is 12.1 Å². The lowest BCUT2D eigenvalue weighted by Gasteiger charge is -2.09. The maximum Gasteiger partial charge on any atom is 0.310 e. The molecule has 25 heavy (non-hydrogen) atoms. The van der Waals surface area contributed by atoms with Crippen LogP contribution >= 0.6 is 11.8 Å². The standard InChI is InChI=1S/C19H21NO4S/c1-3-24-16-8-10-17(11-9-16)25-12-18(21)20-15-6-4-14(5-7-15)13(2)19(22)23/h4-11,13H,3,12H2,1-2H3,(H,20,21)(H,22,23). The van der Waals surface area contributed by atoms with Crippen LogP contribution in [0.1, 0.15) is 25.3 Å². The monoisotopic (exact) mass is 359 g/mol. The van der Waals surface area contributed by atoms with Gasteiger partial charge in [-0.3, -0.25) is 9.59 Å². The Morgan fingerprint density at radius 3 is 2.32 bits per heavy atom. The van der Waals surface area contributed by atoms with Gasteiger partial charge in [-0.25, -0.2) is 0 Å². The Labute approximate surface area is 151 Å². The van der Waals surface area contributed by atoms with Gasteiger partial charge in [0, 0.05) is 10.6 Å². The summed E-state index contributed by atoms with van der Waals surface area (Å²) in [7, 11) is 0. The summed E-state index contributed by atoms with van der Waals surface area (Å²) in [6.07, 6.45) is 0. The number of hydrogen-bond donors (Lipinski definition) is 2. The molecule has 0 spiro atoms. The van der Waals surface area contributed by atoms with Gasteiger partial charge in [-0.05, 0) is 55.8 Å². The molecule has 0 bridgehead atoms. The van der Waals surface area contributed by atoms with Crippen molar-refractivity contribution in [1.29, 1.82) is 0 Å². The molecule has 0 aliphatic heterocycles. The number of benzene rings is 2.